The van der Waals surface area contributed by atoms with E-state index < -0.39 is 0 Å². The molecule has 0 spiro atoms. The maximum Gasteiger partial charge on any atom is 0.257 e. The molecule has 0 heterocycles. The summed E-state index contributed by atoms with van der Waals surface area (Å²) in [6, 6.07) is 12.3. The van der Waals surface area contributed by atoms with Crippen LogP contribution in [0.5, 0.6) is 5.75 Å². The minimum atomic E-state index is -0.240. The predicted molar refractivity (Wildman–Crippen MR) is 82.9 cm³/mol. The van der Waals surface area contributed by atoms with Crippen LogP contribution in [0.3, 0.4) is 0 Å². The third-order valence-corrected chi connectivity index (χ3v) is 3.36. The lowest BCUT2D eigenvalue weighted by molar-refractivity contribution is 0.102. The highest BCUT2D eigenvalue weighted by molar-refractivity contribution is 9.10. The van der Waals surface area contributed by atoms with Gasteiger partial charge in [-0.2, -0.15) is 0 Å². The van der Waals surface area contributed by atoms with Gasteiger partial charge in [0.15, 0.2) is 0 Å². The van der Waals surface area contributed by atoms with Gasteiger partial charge in [-0.25, -0.2) is 0 Å². The van der Waals surface area contributed by atoms with Crippen LogP contribution >= 0.6 is 15.9 Å². The Kier molecular flexibility index (Phi) is 4.60. The van der Waals surface area contributed by atoms with Crippen LogP contribution in [0.15, 0.2) is 46.9 Å². The van der Waals surface area contributed by atoms with Crippen molar-refractivity contribution in [3.63, 3.8) is 0 Å². The van der Waals surface area contributed by atoms with E-state index in [4.69, 9.17) is 10.6 Å². The van der Waals surface area contributed by atoms with Crippen molar-refractivity contribution in [2.75, 3.05) is 17.9 Å². The number of carbonyl (C=O) groups is 1. The minimum absolute atomic E-state index is 0.240. The number of anilines is 2. The van der Waals surface area contributed by atoms with Crippen LogP contribution in [0.25, 0.3) is 0 Å². The van der Waals surface area contributed by atoms with Gasteiger partial charge in [-0.15, -0.1) is 0 Å². The smallest absolute Gasteiger partial charge is 0.257 e. The first-order valence-corrected chi connectivity index (χ1v) is 6.65. The van der Waals surface area contributed by atoms with Crippen LogP contribution in [0.4, 0.5) is 11.4 Å². The first kappa shape index (κ1) is 14.4. The Bertz CT molecular complexity index is 632. The number of para-hydroxylation sites is 1. The molecule has 1 amide bonds. The minimum Gasteiger partial charge on any atom is -0.496 e. The molecular formula is C14H14BrN3O2. The van der Waals surface area contributed by atoms with E-state index in [2.05, 4.69) is 26.7 Å². The van der Waals surface area contributed by atoms with Gasteiger partial charge in [0, 0.05) is 5.69 Å². The number of hydrogen-bond acceptors (Lipinski definition) is 4. The zero-order valence-electron chi connectivity index (χ0n) is 10.8. The van der Waals surface area contributed by atoms with Crippen LogP contribution in [-0.2, 0) is 0 Å². The predicted octanol–water partition coefficient (Wildman–Crippen LogP) is 3.00. The second kappa shape index (κ2) is 6.40. The van der Waals surface area contributed by atoms with Crippen molar-refractivity contribution >= 4 is 33.2 Å². The molecule has 0 bridgehead atoms. The number of nitrogens with one attached hydrogen (secondary N) is 2. The monoisotopic (exact) mass is 335 g/mol. The molecule has 0 saturated carbocycles. The van der Waals surface area contributed by atoms with Crippen molar-refractivity contribution in [3.8, 4) is 5.75 Å². The molecule has 104 valence electrons. The lowest BCUT2D eigenvalue weighted by atomic mass is 10.1. The highest BCUT2D eigenvalue weighted by atomic mass is 79.9. The van der Waals surface area contributed by atoms with Gasteiger partial charge in [0.05, 0.1) is 22.8 Å². The van der Waals surface area contributed by atoms with Crippen LogP contribution in [-0.4, -0.2) is 13.0 Å². The molecule has 5 nitrogen and oxygen atoms in total. The van der Waals surface area contributed by atoms with Gasteiger partial charge in [0.1, 0.15) is 5.75 Å². The Labute approximate surface area is 125 Å². The third kappa shape index (κ3) is 3.09. The van der Waals surface area contributed by atoms with Crippen LogP contribution in [0, 0.1) is 0 Å². The number of carbonyl (C=O) groups excluding carboxylic acids is 1. The molecule has 0 unspecified atom stereocenters. The number of nitrogen functional groups attached to an aromatic ring is 1. The molecular weight excluding hydrogens is 322 g/mol. The number of methoxy groups -OCH3 is 1. The normalized spacial score (nSPS) is 9.95. The number of nitrogens with two attached hydrogens (primary N) is 1. The number of hydrogen-bond donors (Lipinski definition) is 3. The molecule has 0 fully saturated rings. The van der Waals surface area contributed by atoms with E-state index in [9.17, 15) is 4.79 Å². The molecule has 20 heavy (non-hydrogen) atoms. The summed E-state index contributed by atoms with van der Waals surface area (Å²) >= 11 is 3.37. The van der Waals surface area contributed by atoms with Crippen LogP contribution in [0.2, 0.25) is 0 Å². The van der Waals surface area contributed by atoms with E-state index in [1.54, 1.807) is 49.6 Å². The maximum absolute atomic E-state index is 12.2. The topological polar surface area (TPSA) is 76.4 Å². The van der Waals surface area contributed by atoms with E-state index in [0.717, 1.165) is 4.47 Å². The second-order valence-corrected chi connectivity index (χ2v) is 4.85. The number of rotatable bonds is 4. The highest BCUT2D eigenvalue weighted by Crippen LogP contribution is 2.28. The molecule has 6 heteroatoms. The lowest BCUT2D eigenvalue weighted by Gasteiger charge is -2.10. The SMILES string of the molecule is COc1ccc(NC(=O)c2ccccc2NN)cc1Br. The molecule has 0 radical (unpaired) electrons. The third-order valence-electron chi connectivity index (χ3n) is 2.74. The average molecular weight is 336 g/mol. The van der Waals surface area contributed by atoms with Crippen molar-refractivity contribution < 1.29 is 9.53 Å². The summed E-state index contributed by atoms with van der Waals surface area (Å²) in [4.78, 5) is 12.2. The molecule has 0 aliphatic rings. The number of benzene rings is 2. The van der Waals surface area contributed by atoms with E-state index in [1.165, 1.54) is 0 Å². The van der Waals surface area contributed by atoms with Gasteiger partial charge in [-0.3, -0.25) is 10.6 Å². The van der Waals surface area contributed by atoms with Crippen molar-refractivity contribution in [1.29, 1.82) is 0 Å². The molecule has 0 atom stereocenters. The second-order valence-electron chi connectivity index (χ2n) is 3.99. The fraction of sp³-hybridized carbons (Fsp3) is 0.0714. The van der Waals surface area contributed by atoms with E-state index in [1.807, 2.05) is 0 Å². The molecule has 0 aliphatic carbocycles. The summed E-state index contributed by atoms with van der Waals surface area (Å²) in [6.45, 7) is 0. The van der Waals surface area contributed by atoms with Crippen molar-refractivity contribution in [1.82, 2.24) is 0 Å². The standard InChI is InChI=1S/C14H14BrN3O2/c1-20-13-7-6-9(8-11(13)15)17-14(19)10-4-2-3-5-12(10)18-16/h2-8,18H,16H2,1H3,(H,17,19). The molecule has 2 rings (SSSR count). The number of amides is 1. The van der Waals surface area contributed by atoms with Gasteiger partial charge in [0.25, 0.3) is 5.91 Å². The summed E-state index contributed by atoms with van der Waals surface area (Å²) in [7, 11) is 1.58. The largest absolute Gasteiger partial charge is 0.496 e. The average Bonchev–Trinajstić information content (AvgIpc) is 2.47. The quantitative estimate of drug-likeness (QED) is 0.593. The van der Waals surface area contributed by atoms with Crippen LogP contribution in [0.1, 0.15) is 10.4 Å². The molecule has 2 aromatic carbocycles. The van der Waals surface area contributed by atoms with Gasteiger partial charge in [0.2, 0.25) is 0 Å². The zero-order chi connectivity index (χ0) is 14.5. The Hall–Kier alpha value is -2.05. The van der Waals surface area contributed by atoms with E-state index >= 15 is 0 Å². The first-order valence-electron chi connectivity index (χ1n) is 5.86. The number of halogens is 1. The Balaban J connectivity index is 2.21. The number of ether oxygens (including phenoxy) is 1. The summed E-state index contributed by atoms with van der Waals surface area (Å²) in [5, 5.41) is 2.81. The fourth-order valence-corrected chi connectivity index (χ4v) is 2.29. The highest BCUT2D eigenvalue weighted by Gasteiger charge is 2.11. The lowest BCUT2D eigenvalue weighted by Crippen LogP contribution is -2.17. The zero-order valence-corrected chi connectivity index (χ0v) is 12.4. The van der Waals surface area contributed by atoms with Gasteiger partial charge in [-0.05, 0) is 46.3 Å². The molecule has 0 aliphatic heterocycles. The first-order chi connectivity index (χ1) is 9.65. The Morgan fingerprint density at radius 3 is 2.65 bits per heavy atom. The van der Waals surface area contributed by atoms with E-state index in [0.29, 0.717) is 22.7 Å². The Morgan fingerprint density at radius 1 is 1.25 bits per heavy atom. The molecule has 2 aromatic rings. The summed E-state index contributed by atoms with van der Waals surface area (Å²) < 4.78 is 5.91. The Morgan fingerprint density at radius 2 is 2.00 bits per heavy atom. The van der Waals surface area contributed by atoms with Crippen LogP contribution < -0.4 is 21.3 Å². The number of hydrazine groups is 1. The summed E-state index contributed by atoms with van der Waals surface area (Å²) in [5.74, 6) is 5.85. The van der Waals surface area contributed by atoms with Gasteiger partial charge in [-0.1, -0.05) is 12.1 Å². The van der Waals surface area contributed by atoms with Gasteiger partial charge < -0.3 is 15.5 Å². The summed E-state index contributed by atoms with van der Waals surface area (Å²) in [5.41, 5.74) is 4.20. The maximum atomic E-state index is 12.2. The molecule has 0 aromatic heterocycles. The van der Waals surface area contributed by atoms with Crippen molar-refractivity contribution in [2.45, 2.75) is 0 Å². The molecule has 4 N–H and O–H groups in total. The molecule has 0 saturated heterocycles. The van der Waals surface area contributed by atoms with Crippen molar-refractivity contribution in [2.24, 2.45) is 5.84 Å². The van der Waals surface area contributed by atoms with Gasteiger partial charge >= 0.3 is 0 Å². The van der Waals surface area contributed by atoms with Crippen molar-refractivity contribution in [3.05, 3.63) is 52.5 Å². The fourth-order valence-electron chi connectivity index (χ4n) is 1.75. The van der Waals surface area contributed by atoms with E-state index in [-0.39, 0.29) is 5.91 Å². The summed E-state index contributed by atoms with van der Waals surface area (Å²) in [6.07, 6.45) is 0.